The van der Waals surface area contributed by atoms with Gasteiger partial charge in [0.15, 0.2) is 0 Å². The van der Waals surface area contributed by atoms with Gasteiger partial charge in [0.25, 0.3) is 5.91 Å². The maximum atomic E-state index is 12.3. The first-order chi connectivity index (χ1) is 11.1. The van der Waals surface area contributed by atoms with Crippen LogP contribution in [0.15, 0.2) is 48.1 Å². The van der Waals surface area contributed by atoms with Crippen molar-refractivity contribution in [3.63, 3.8) is 0 Å². The average Bonchev–Trinajstić information content (AvgIpc) is 3.17. The van der Waals surface area contributed by atoms with Gasteiger partial charge < -0.3 is 10.1 Å². The quantitative estimate of drug-likeness (QED) is 0.761. The van der Waals surface area contributed by atoms with Crippen molar-refractivity contribution in [1.29, 1.82) is 0 Å². The van der Waals surface area contributed by atoms with Gasteiger partial charge in [0.1, 0.15) is 5.75 Å². The van der Waals surface area contributed by atoms with Gasteiger partial charge >= 0.3 is 0 Å². The lowest BCUT2D eigenvalue weighted by atomic mass is 10.2. The molecule has 3 aromatic rings. The minimum atomic E-state index is -0.145. The topological polar surface area (TPSA) is 56.1 Å². The van der Waals surface area contributed by atoms with Crippen LogP contribution in [0.4, 0.5) is 5.69 Å². The minimum absolute atomic E-state index is 0.145. The van der Waals surface area contributed by atoms with Gasteiger partial charge in [-0.25, -0.2) is 0 Å². The molecule has 118 valence electrons. The molecular weight excluding hydrogens is 334 g/mol. The molecule has 0 aliphatic rings. The van der Waals surface area contributed by atoms with E-state index in [1.165, 1.54) is 11.3 Å². The van der Waals surface area contributed by atoms with E-state index in [9.17, 15) is 4.79 Å². The number of amides is 1. The number of ether oxygens (including phenoxy) is 1. The number of nitrogens with one attached hydrogen (secondary N) is 1. The molecule has 0 aliphatic carbocycles. The molecule has 7 heteroatoms. The number of rotatable bonds is 5. The molecule has 0 bridgehead atoms. The van der Waals surface area contributed by atoms with Gasteiger partial charge in [-0.1, -0.05) is 17.7 Å². The number of hydrogen-bond acceptors (Lipinski definition) is 4. The standard InChI is InChI=1S/C16H14ClN3O2S/c1-22-14-4-2-3-13(6-14)19-16(21)15-5-11(10-23-15)8-20-9-12(17)7-18-20/h2-7,9-10H,8H2,1H3,(H,19,21). The summed E-state index contributed by atoms with van der Waals surface area (Å²) in [7, 11) is 1.59. The number of aromatic nitrogens is 2. The summed E-state index contributed by atoms with van der Waals surface area (Å²) in [5.74, 6) is 0.554. The lowest BCUT2D eigenvalue weighted by Gasteiger charge is -2.05. The average molecular weight is 348 g/mol. The predicted octanol–water partition coefficient (Wildman–Crippen LogP) is 3.91. The monoisotopic (exact) mass is 347 g/mol. The molecule has 2 heterocycles. The zero-order valence-corrected chi connectivity index (χ0v) is 13.9. The molecule has 0 saturated heterocycles. The number of hydrogen-bond donors (Lipinski definition) is 1. The van der Waals surface area contributed by atoms with Gasteiger partial charge in [-0.3, -0.25) is 9.48 Å². The molecule has 1 aromatic carbocycles. The third-order valence-electron chi connectivity index (χ3n) is 3.15. The molecular formula is C16H14ClN3O2S. The summed E-state index contributed by atoms with van der Waals surface area (Å²) in [5.41, 5.74) is 1.70. The number of anilines is 1. The number of nitrogens with zero attached hydrogens (tertiary/aromatic N) is 2. The summed E-state index contributed by atoms with van der Waals surface area (Å²) >= 11 is 7.24. The maximum Gasteiger partial charge on any atom is 0.265 e. The first-order valence-corrected chi connectivity index (χ1v) is 8.10. The van der Waals surface area contributed by atoms with Gasteiger partial charge in [0, 0.05) is 18.0 Å². The summed E-state index contributed by atoms with van der Waals surface area (Å²) in [6, 6.07) is 9.11. The first-order valence-electron chi connectivity index (χ1n) is 6.85. The van der Waals surface area contributed by atoms with Crippen LogP contribution >= 0.6 is 22.9 Å². The summed E-state index contributed by atoms with van der Waals surface area (Å²) in [5, 5.41) is 9.52. The molecule has 3 rings (SSSR count). The van der Waals surface area contributed by atoms with Crippen LogP contribution in [0.3, 0.4) is 0 Å². The molecule has 0 aliphatic heterocycles. The van der Waals surface area contributed by atoms with E-state index >= 15 is 0 Å². The van der Waals surface area contributed by atoms with E-state index in [1.807, 2.05) is 29.6 Å². The largest absolute Gasteiger partial charge is 0.497 e. The van der Waals surface area contributed by atoms with Crippen molar-refractivity contribution >= 4 is 34.5 Å². The zero-order valence-electron chi connectivity index (χ0n) is 12.3. The molecule has 0 radical (unpaired) electrons. The number of halogens is 1. The number of benzene rings is 1. The Labute approximate surface area is 142 Å². The third-order valence-corrected chi connectivity index (χ3v) is 4.32. The van der Waals surface area contributed by atoms with Crippen LogP contribution < -0.4 is 10.1 Å². The van der Waals surface area contributed by atoms with Crippen molar-refractivity contribution in [2.45, 2.75) is 6.54 Å². The van der Waals surface area contributed by atoms with Gasteiger partial charge in [-0.2, -0.15) is 5.10 Å². The van der Waals surface area contributed by atoms with Crippen LogP contribution in [-0.4, -0.2) is 22.8 Å². The van der Waals surface area contributed by atoms with Gasteiger partial charge in [-0.05, 0) is 29.1 Å². The van der Waals surface area contributed by atoms with E-state index in [0.29, 0.717) is 27.9 Å². The predicted molar refractivity (Wildman–Crippen MR) is 91.6 cm³/mol. The van der Waals surface area contributed by atoms with Crippen molar-refractivity contribution in [3.8, 4) is 5.75 Å². The van der Waals surface area contributed by atoms with Crippen molar-refractivity contribution < 1.29 is 9.53 Å². The fourth-order valence-corrected chi connectivity index (χ4v) is 3.04. The van der Waals surface area contributed by atoms with Crippen LogP contribution in [0, 0.1) is 0 Å². The Morgan fingerprint density at radius 1 is 1.43 bits per heavy atom. The van der Waals surface area contributed by atoms with Crippen LogP contribution in [0.2, 0.25) is 5.02 Å². The van der Waals surface area contributed by atoms with Crippen molar-refractivity contribution in [3.05, 3.63) is 63.6 Å². The van der Waals surface area contributed by atoms with E-state index in [0.717, 1.165) is 5.56 Å². The second kappa shape index (κ2) is 6.85. The Hall–Kier alpha value is -2.31. The molecule has 0 unspecified atom stereocenters. The van der Waals surface area contributed by atoms with Crippen LogP contribution in [0.25, 0.3) is 0 Å². The summed E-state index contributed by atoms with van der Waals surface area (Å²) in [6.45, 7) is 0.579. The Balaban J connectivity index is 1.68. The molecule has 1 amide bonds. The van der Waals surface area contributed by atoms with E-state index < -0.39 is 0 Å². The van der Waals surface area contributed by atoms with Gasteiger partial charge in [-0.15, -0.1) is 11.3 Å². The number of carbonyl (C=O) groups is 1. The molecule has 23 heavy (non-hydrogen) atoms. The fraction of sp³-hybridized carbons (Fsp3) is 0.125. The highest BCUT2D eigenvalue weighted by Gasteiger charge is 2.10. The third kappa shape index (κ3) is 3.91. The molecule has 0 atom stereocenters. The molecule has 5 nitrogen and oxygen atoms in total. The summed E-state index contributed by atoms with van der Waals surface area (Å²) < 4.78 is 6.88. The number of carbonyl (C=O) groups excluding carboxylic acids is 1. The Bertz CT molecular complexity index is 828. The van der Waals surface area contributed by atoms with Gasteiger partial charge in [0.05, 0.1) is 29.8 Å². The Morgan fingerprint density at radius 3 is 3.04 bits per heavy atom. The van der Waals surface area contributed by atoms with Crippen LogP contribution in [0.5, 0.6) is 5.75 Å². The van der Waals surface area contributed by atoms with Crippen molar-refractivity contribution in [1.82, 2.24) is 9.78 Å². The lowest BCUT2D eigenvalue weighted by Crippen LogP contribution is -2.10. The summed E-state index contributed by atoms with van der Waals surface area (Å²) in [6.07, 6.45) is 3.33. The van der Waals surface area contributed by atoms with E-state index in [-0.39, 0.29) is 5.91 Å². The second-order valence-electron chi connectivity index (χ2n) is 4.86. The highest BCUT2D eigenvalue weighted by atomic mass is 35.5. The van der Waals surface area contributed by atoms with E-state index in [4.69, 9.17) is 16.3 Å². The molecule has 0 fully saturated rings. The Morgan fingerprint density at radius 2 is 2.30 bits per heavy atom. The van der Waals surface area contributed by atoms with Crippen molar-refractivity contribution in [2.75, 3.05) is 12.4 Å². The number of thiophene rings is 1. The number of methoxy groups -OCH3 is 1. The molecule has 0 saturated carbocycles. The second-order valence-corrected chi connectivity index (χ2v) is 6.21. The van der Waals surface area contributed by atoms with Crippen LogP contribution in [-0.2, 0) is 6.54 Å². The first kappa shape index (κ1) is 15.6. The van der Waals surface area contributed by atoms with Gasteiger partial charge in [0.2, 0.25) is 0 Å². The lowest BCUT2D eigenvalue weighted by molar-refractivity contribution is 0.103. The highest BCUT2D eigenvalue weighted by Crippen LogP contribution is 2.20. The Kier molecular flexibility index (Phi) is 4.64. The maximum absolute atomic E-state index is 12.3. The minimum Gasteiger partial charge on any atom is -0.497 e. The fourth-order valence-electron chi connectivity index (χ4n) is 2.08. The van der Waals surface area contributed by atoms with E-state index in [1.54, 1.807) is 30.3 Å². The summed E-state index contributed by atoms with van der Waals surface area (Å²) in [4.78, 5) is 12.9. The molecule has 0 spiro atoms. The smallest absolute Gasteiger partial charge is 0.265 e. The van der Waals surface area contributed by atoms with Crippen LogP contribution in [0.1, 0.15) is 15.2 Å². The highest BCUT2D eigenvalue weighted by molar-refractivity contribution is 7.12. The van der Waals surface area contributed by atoms with Crippen molar-refractivity contribution in [2.24, 2.45) is 0 Å². The normalized spacial score (nSPS) is 10.5. The SMILES string of the molecule is COc1cccc(NC(=O)c2cc(Cn3cc(Cl)cn3)cs2)c1. The molecule has 1 N–H and O–H groups in total. The molecule has 2 aromatic heterocycles. The van der Waals surface area contributed by atoms with E-state index in [2.05, 4.69) is 10.4 Å². The zero-order chi connectivity index (χ0) is 16.2.